The van der Waals surface area contributed by atoms with Gasteiger partial charge in [0.15, 0.2) is 11.6 Å². The summed E-state index contributed by atoms with van der Waals surface area (Å²) in [6, 6.07) is 2.77. The number of carbonyl (C=O) groups is 1. The van der Waals surface area contributed by atoms with Crippen LogP contribution >= 0.6 is 0 Å². The molecule has 0 aromatic heterocycles. The van der Waals surface area contributed by atoms with Gasteiger partial charge in [0.2, 0.25) is 0 Å². The van der Waals surface area contributed by atoms with Gasteiger partial charge in [-0.3, -0.25) is 0 Å². The molecule has 0 N–H and O–H groups in total. The number of nitrogens with zero attached hydrogens (tertiary/aromatic N) is 2. The lowest BCUT2D eigenvalue weighted by Gasteiger charge is -1.89. The standard InChI is InChI=1S/C8H4FN2O2/c9-6-2-1-5-4-11(13)8(12)10-7(5)3-6/h1-4H/q+1. The third kappa shape index (κ3) is 1.24. The van der Waals surface area contributed by atoms with Crippen LogP contribution in [0.2, 0.25) is 0 Å². The first-order valence-corrected chi connectivity index (χ1v) is 3.53. The first kappa shape index (κ1) is 7.72. The lowest BCUT2D eigenvalue weighted by molar-refractivity contribution is -0.334. The summed E-state index contributed by atoms with van der Waals surface area (Å²) in [5, 5.41) is 0.633. The molecule has 0 saturated heterocycles. The zero-order valence-corrected chi connectivity index (χ0v) is 6.40. The fourth-order valence-corrected chi connectivity index (χ4v) is 1.06. The summed E-state index contributed by atoms with van der Waals surface area (Å²) < 4.78 is 12.8. The monoisotopic (exact) mass is 179 g/mol. The van der Waals surface area contributed by atoms with Gasteiger partial charge in [-0.05, 0) is 12.1 Å². The topological polar surface area (TPSA) is 49.5 Å². The highest BCUT2D eigenvalue weighted by Gasteiger charge is 2.22. The molecule has 1 aliphatic rings. The van der Waals surface area contributed by atoms with Crippen molar-refractivity contribution in [2.45, 2.75) is 0 Å². The molecule has 1 aromatic carbocycles. The molecule has 1 aliphatic heterocycles. The minimum atomic E-state index is -0.932. The maximum absolute atomic E-state index is 12.6. The maximum Gasteiger partial charge on any atom is 0.584 e. The Balaban J connectivity index is 2.85. The van der Waals surface area contributed by atoms with E-state index < -0.39 is 11.8 Å². The maximum atomic E-state index is 12.6. The third-order valence-corrected chi connectivity index (χ3v) is 1.65. The minimum absolute atomic E-state index is 0.111. The van der Waals surface area contributed by atoms with E-state index in [-0.39, 0.29) is 10.1 Å². The van der Waals surface area contributed by atoms with Gasteiger partial charge in [-0.2, -0.15) is 4.79 Å². The average Bonchev–Trinajstić information content (AvgIpc) is 2.08. The minimum Gasteiger partial charge on any atom is -0.207 e. The lowest BCUT2D eigenvalue weighted by atomic mass is 10.3. The summed E-state index contributed by atoms with van der Waals surface area (Å²) in [6.07, 6.45) is 1.07. The summed E-state index contributed by atoms with van der Waals surface area (Å²) >= 11 is 0. The quantitative estimate of drug-likeness (QED) is 0.530. The smallest absolute Gasteiger partial charge is 0.207 e. The van der Waals surface area contributed by atoms with Gasteiger partial charge >= 0.3 is 6.03 Å². The third-order valence-electron chi connectivity index (χ3n) is 1.65. The van der Waals surface area contributed by atoms with Crippen molar-refractivity contribution in [1.29, 1.82) is 0 Å². The number of amides is 2. The molecule has 5 heteroatoms. The van der Waals surface area contributed by atoms with E-state index in [0.29, 0.717) is 5.22 Å². The second-order valence-corrected chi connectivity index (χ2v) is 2.55. The Morgan fingerprint density at radius 2 is 2.15 bits per heavy atom. The largest absolute Gasteiger partial charge is 0.584 e. The number of hydrogen-bond donors (Lipinski definition) is 0. The van der Waals surface area contributed by atoms with E-state index in [1.54, 1.807) is 0 Å². The summed E-state index contributed by atoms with van der Waals surface area (Å²) in [4.78, 5) is 24.9. The van der Waals surface area contributed by atoms with Crippen LogP contribution in [0.5, 0.6) is 0 Å². The van der Waals surface area contributed by atoms with Crippen LogP contribution in [0.3, 0.4) is 0 Å². The molecule has 0 spiro atoms. The number of halogens is 1. The SMILES string of the molecule is O=C1N=c2cc(F)ccc2=C[N+]1=O. The van der Waals surface area contributed by atoms with Gasteiger partial charge in [0.05, 0.1) is 5.22 Å². The molecule has 0 unspecified atom stereocenters. The van der Waals surface area contributed by atoms with Gasteiger partial charge < -0.3 is 0 Å². The Morgan fingerprint density at radius 1 is 1.38 bits per heavy atom. The van der Waals surface area contributed by atoms with E-state index in [1.165, 1.54) is 12.1 Å². The zero-order valence-electron chi connectivity index (χ0n) is 6.40. The molecule has 0 saturated carbocycles. The van der Waals surface area contributed by atoms with E-state index >= 15 is 0 Å². The first-order valence-electron chi connectivity index (χ1n) is 3.53. The Kier molecular flexibility index (Phi) is 1.51. The van der Waals surface area contributed by atoms with Crippen molar-refractivity contribution < 1.29 is 13.9 Å². The normalized spacial score (nSPS) is 14.5. The van der Waals surface area contributed by atoms with Gasteiger partial charge in [-0.25, -0.2) is 4.39 Å². The Labute approximate surface area is 71.6 Å². The first-order chi connectivity index (χ1) is 6.16. The van der Waals surface area contributed by atoms with Crippen LogP contribution in [-0.2, 0) is 0 Å². The number of carbonyl (C=O) groups excluding carboxylic acids is 1. The Hall–Kier alpha value is -1.91. The van der Waals surface area contributed by atoms with E-state index in [4.69, 9.17) is 0 Å². The molecule has 2 amide bonds. The fourth-order valence-electron chi connectivity index (χ4n) is 1.06. The van der Waals surface area contributed by atoms with Crippen molar-refractivity contribution >= 4 is 12.2 Å². The predicted molar refractivity (Wildman–Crippen MR) is 40.7 cm³/mol. The number of hydrogen-bond acceptors (Lipinski definition) is 2. The van der Waals surface area contributed by atoms with Gasteiger partial charge in [-0.1, -0.05) is 4.91 Å². The summed E-state index contributed by atoms with van der Waals surface area (Å²) in [5.74, 6) is -0.483. The van der Waals surface area contributed by atoms with Crippen LogP contribution in [0.1, 0.15) is 0 Å². The van der Waals surface area contributed by atoms with Crippen molar-refractivity contribution in [3.05, 3.63) is 39.5 Å². The second-order valence-electron chi connectivity index (χ2n) is 2.55. The highest BCUT2D eigenvalue weighted by Crippen LogP contribution is 1.91. The van der Waals surface area contributed by atoms with E-state index in [2.05, 4.69) is 4.99 Å². The average molecular weight is 179 g/mol. The van der Waals surface area contributed by atoms with Gasteiger partial charge in [0, 0.05) is 15.8 Å². The molecule has 13 heavy (non-hydrogen) atoms. The number of nitroso groups, excluding NO2 is 1. The van der Waals surface area contributed by atoms with Crippen LogP contribution in [0, 0.1) is 10.7 Å². The summed E-state index contributed by atoms with van der Waals surface area (Å²) in [6.45, 7) is 0. The molecule has 1 heterocycles. The molecule has 4 nitrogen and oxygen atoms in total. The zero-order chi connectivity index (χ0) is 9.42. The molecular formula is C8H4FN2O2+. The van der Waals surface area contributed by atoms with Crippen molar-refractivity contribution in [2.24, 2.45) is 4.99 Å². The number of fused-ring (bicyclic) bond motifs is 1. The van der Waals surface area contributed by atoms with E-state index in [0.717, 1.165) is 12.3 Å². The van der Waals surface area contributed by atoms with Crippen molar-refractivity contribution in [1.82, 2.24) is 0 Å². The molecule has 0 atom stereocenters. The van der Waals surface area contributed by atoms with Crippen LogP contribution in [-0.4, -0.2) is 10.8 Å². The number of urea groups is 1. The van der Waals surface area contributed by atoms with Crippen LogP contribution in [0.15, 0.2) is 23.2 Å². The molecule has 0 fully saturated rings. The molecule has 1 aromatic rings. The fraction of sp³-hybridized carbons (Fsp3) is 0. The van der Waals surface area contributed by atoms with Gasteiger partial charge in [0.1, 0.15) is 5.82 Å². The van der Waals surface area contributed by atoms with Gasteiger partial charge in [-0.15, -0.1) is 0 Å². The van der Waals surface area contributed by atoms with E-state index in [9.17, 15) is 14.1 Å². The molecule has 0 aliphatic carbocycles. The van der Waals surface area contributed by atoms with Gasteiger partial charge in [0.25, 0.3) is 0 Å². The molecule has 0 radical (unpaired) electrons. The molecule has 0 bridgehead atoms. The Morgan fingerprint density at radius 3 is 2.92 bits per heavy atom. The Bertz CT molecular complexity index is 521. The van der Waals surface area contributed by atoms with Crippen molar-refractivity contribution in [3.63, 3.8) is 0 Å². The summed E-state index contributed by atoms with van der Waals surface area (Å²) in [7, 11) is 0. The van der Waals surface area contributed by atoms with E-state index in [1.807, 2.05) is 0 Å². The number of rotatable bonds is 0. The molecule has 2 rings (SSSR count). The van der Waals surface area contributed by atoms with Crippen LogP contribution in [0.25, 0.3) is 6.20 Å². The van der Waals surface area contributed by atoms with Crippen LogP contribution in [0.4, 0.5) is 9.18 Å². The van der Waals surface area contributed by atoms with Crippen molar-refractivity contribution in [2.75, 3.05) is 0 Å². The summed E-state index contributed by atoms with van der Waals surface area (Å²) in [5.41, 5.74) is 0. The predicted octanol–water partition coefficient (Wildman–Crippen LogP) is 0.0958. The lowest BCUT2D eigenvalue weighted by Crippen LogP contribution is -2.33. The van der Waals surface area contributed by atoms with Crippen molar-refractivity contribution in [3.8, 4) is 0 Å². The highest BCUT2D eigenvalue weighted by atomic mass is 19.1. The highest BCUT2D eigenvalue weighted by molar-refractivity contribution is 5.69. The molecular weight excluding hydrogens is 175 g/mol. The van der Waals surface area contributed by atoms with Crippen LogP contribution < -0.4 is 10.6 Å². The second kappa shape index (κ2) is 2.55. The molecule has 64 valence electrons. The number of benzene rings is 1.